The lowest BCUT2D eigenvalue weighted by molar-refractivity contribution is -0.128. The summed E-state index contributed by atoms with van der Waals surface area (Å²) in [6.45, 7) is 7.95. The summed E-state index contributed by atoms with van der Waals surface area (Å²) in [6.07, 6.45) is -0.0470. The summed E-state index contributed by atoms with van der Waals surface area (Å²) in [6, 6.07) is 12.1. The number of amides is 1. The Morgan fingerprint density at radius 1 is 1.12 bits per heavy atom. The van der Waals surface area contributed by atoms with Crippen LogP contribution in [0.4, 0.5) is 0 Å². The van der Waals surface area contributed by atoms with Gasteiger partial charge in [0.25, 0.3) is 5.91 Å². The van der Waals surface area contributed by atoms with Crippen molar-refractivity contribution in [2.75, 3.05) is 39.5 Å². The number of hydrogen-bond donors (Lipinski definition) is 1. The molecule has 3 rings (SSSR count). The number of carbonyl (C=O) groups is 1. The largest absolute Gasteiger partial charge is 0.492 e. The number of benzene rings is 2. The van der Waals surface area contributed by atoms with Crippen molar-refractivity contribution in [3.63, 3.8) is 0 Å². The lowest BCUT2D eigenvalue weighted by Crippen LogP contribution is -2.40. The molecule has 1 N–H and O–H groups in total. The van der Waals surface area contributed by atoms with E-state index < -0.39 is 16.1 Å². The minimum absolute atomic E-state index is 0.200. The fourth-order valence-electron chi connectivity index (χ4n) is 3.43. The van der Waals surface area contributed by atoms with Gasteiger partial charge in [-0.25, -0.2) is 8.42 Å². The maximum atomic E-state index is 12.7. The van der Waals surface area contributed by atoms with Crippen molar-refractivity contribution in [3.8, 4) is 11.5 Å². The third-order valence-electron chi connectivity index (χ3n) is 5.59. The SMILES string of the molecule is CC[C@@H](Oc1cccc(C)c1C)C(=O)NCCOc1ccc(S(=O)(=O)N2CCOCC2)cc1. The molecule has 0 bridgehead atoms. The minimum atomic E-state index is -3.53. The average Bonchev–Trinajstić information content (AvgIpc) is 2.83. The number of rotatable bonds is 10. The fraction of sp³-hybridized carbons (Fsp3) is 0.458. The van der Waals surface area contributed by atoms with Gasteiger partial charge < -0.3 is 19.5 Å². The highest BCUT2D eigenvalue weighted by molar-refractivity contribution is 7.89. The Balaban J connectivity index is 1.47. The quantitative estimate of drug-likeness (QED) is 0.530. The molecule has 1 atom stereocenters. The van der Waals surface area contributed by atoms with E-state index >= 15 is 0 Å². The number of aryl methyl sites for hydroxylation is 1. The summed E-state index contributed by atoms with van der Waals surface area (Å²) in [7, 11) is -3.53. The highest BCUT2D eigenvalue weighted by Gasteiger charge is 2.26. The van der Waals surface area contributed by atoms with E-state index in [1.807, 2.05) is 39.0 Å². The Labute approximate surface area is 195 Å². The van der Waals surface area contributed by atoms with Crippen LogP contribution in [0.5, 0.6) is 11.5 Å². The van der Waals surface area contributed by atoms with Crippen LogP contribution in [0.2, 0.25) is 0 Å². The van der Waals surface area contributed by atoms with Gasteiger partial charge in [-0.15, -0.1) is 0 Å². The average molecular weight is 477 g/mol. The Bertz CT molecular complexity index is 1030. The lowest BCUT2D eigenvalue weighted by atomic mass is 10.1. The highest BCUT2D eigenvalue weighted by Crippen LogP contribution is 2.23. The molecule has 1 saturated heterocycles. The van der Waals surface area contributed by atoms with Crippen molar-refractivity contribution < 1.29 is 27.4 Å². The molecule has 0 saturated carbocycles. The lowest BCUT2D eigenvalue weighted by Gasteiger charge is -2.26. The molecule has 1 aliphatic heterocycles. The molecule has 0 unspecified atom stereocenters. The second-order valence-electron chi connectivity index (χ2n) is 7.84. The van der Waals surface area contributed by atoms with Crippen LogP contribution in [0.3, 0.4) is 0 Å². The van der Waals surface area contributed by atoms with Crippen molar-refractivity contribution in [2.45, 2.75) is 38.2 Å². The third kappa shape index (κ3) is 6.46. The van der Waals surface area contributed by atoms with Gasteiger partial charge in [0.2, 0.25) is 10.0 Å². The first-order valence-corrected chi connectivity index (χ1v) is 12.6. The van der Waals surface area contributed by atoms with E-state index in [1.165, 1.54) is 16.4 Å². The molecule has 2 aromatic rings. The van der Waals surface area contributed by atoms with Gasteiger partial charge in [0.1, 0.15) is 18.1 Å². The van der Waals surface area contributed by atoms with Crippen LogP contribution >= 0.6 is 0 Å². The summed E-state index contributed by atoms with van der Waals surface area (Å²) in [4.78, 5) is 12.7. The highest BCUT2D eigenvalue weighted by atomic mass is 32.2. The zero-order chi connectivity index (χ0) is 23.8. The minimum Gasteiger partial charge on any atom is -0.492 e. The first kappa shape index (κ1) is 25.0. The van der Waals surface area contributed by atoms with E-state index in [0.717, 1.165) is 11.1 Å². The molecule has 1 aliphatic rings. The Hall–Kier alpha value is -2.62. The Morgan fingerprint density at radius 3 is 2.48 bits per heavy atom. The Morgan fingerprint density at radius 2 is 1.82 bits per heavy atom. The topological polar surface area (TPSA) is 94.2 Å². The molecule has 9 heteroatoms. The molecule has 180 valence electrons. The van der Waals surface area contributed by atoms with Crippen LogP contribution in [-0.2, 0) is 19.6 Å². The van der Waals surface area contributed by atoms with Gasteiger partial charge in [-0.3, -0.25) is 4.79 Å². The van der Waals surface area contributed by atoms with Gasteiger partial charge >= 0.3 is 0 Å². The van der Waals surface area contributed by atoms with Crippen LogP contribution < -0.4 is 14.8 Å². The molecule has 0 aromatic heterocycles. The third-order valence-corrected chi connectivity index (χ3v) is 7.50. The molecular formula is C24H32N2O6S. The second kappa shape index (κ2) is 11.5. The van der Waals surface area contributed by atoms with Crippen molar-refractivity contribution in [2.24, 2.45) is 0 Å². The van der Waals surface area contributed by atoms with Gasteiger partial charge in [-0.1, -0.05) is 19.1 Å². The van der Waals surface area contributed by atoms with Crippen molar-refractivity contribution in [3.05, 3.63) is 53.6 Å². The van der Waals surface area contributed by atoms with E-state index in [4.69, 9.17) is 14.2 Å². The molecular weight excluding hydrogens is 444 g/mol. The maximum Gasteiger partial charge on any atom is 0.261 e. The molecule has 0 spiro atoms. The van der Waals surface area contributed by atoms with Gasteiger partial charge in [0, 0.05) is 13.1 Å². The first-order chi connectivity index (χ1) is 15.8. The van der Waals surface area contributed by atoms with E-state index in [0.29, 0.717) is 50.8 Å². The number of sulfonamides is 1. The van der Waals surface area contributed by atoms with E-state index in [9.17, 15) is 13.2 Å². The van der Waals surface area contributed by atoms with Crippen LogP contribution in [0, 0.1) is 13.8 Å². The number of morpholine rings is 1. The van der Waals surface area contributed by atoms with Crippen LogP contribution in [0.25, 0.3) is 0 Å². The van der Waals surface area contributed by atoms with Gasteiger partial charge in [-0.05, 0) is 61.7 Å². The summed E-state index contributed by atoms with van der Waals surface area (Å²) in [5, 5.41) is 2.83. The van der Waals surface area contributed by atoms with Crippen LogP contribution in [0.1, 0.15) is 24.5 Å². The predicted molar refractivity (Wildman–Crippen MR) is 125 cm³/mol. The van der Waals surface area contributed by atoms with Crippen LogP contribution in [0.15, 0.2) is 47.4 Å². The van der Waals surface area contributed by atoms with E-state index in [1.54, 1.807) is 12.1 Å². The summed E-state index contributed by atoms with van der Waals surface area (Å²) in [5.41, 5.74) is 2.13. The van der Waals surface area contributed by atoms with Crippen molar-refractivity contribution in [1.29, 1.82) is 0 Å². The second-order valence-corrected chi connectivity index (χ2v) is 9.78. The summed E-state index contributed by atoms with van der Waals surface area (Å²) < 4.78 is 43.6. The zero-order valence-electron chi connectivity index (χ0n) is 19.4. The number of carbonyl (C=O) groups excluding carboxylic acids is 1. The van der Waals surface area contributed by atoms with Crippen molar-refractivity contribution in [1.82, 2.24) is 9.62 Å². The fourth-order valence-corrected chi connectivity index (χ4v) is 4.84. The molecule has 33 heavy (non-hydrogen) atoms. The normalized spacial score (nSPS) is 15.6. The van der Waals surface area contributed by atoms with Gasteiger partial charge in [-0.2, -0.15) is 4.31 Å². The summed E-state index contributed by atoms with van der Waals surface area (Å²) >= 11 is 0. The number of nitrogens with zero attached hydrogens (tertiary/aromatic N) is 1. The molecule has 8 nitrogen and oxygen atoms in total. The number of ether oxygens (including phenoxy) is 3. The monoisotopic (exact) mass is 476 g/mol. The molecule has 1 amide bonds. The number of hydrogen-bond acceptors (Lipinski definition) is 6. The van der Waals surface area contributed by atoms with E-state index in [2.05, 4.69) is 5.32 Å². The Kier molecular flexibility index (Phi) is 8.71. The molecule has 1 fully saturated rings. The van der Waals surface area contributed by atoms with Gasteiger partial charge in [0.15, 0.2) is 6.10 Å². The smallest absolute Gasteiger partial charge is 0.261 e. The standard InChI is InChI=1S/C24H32N2O6S/c1-4-22(32-23-7-5-6-18(2)19(23)3)24(27)25-12-15-31-20-8-10-21(11-9-20)33(28,29)26-13-16-30-17-14-26/h5-11,22H,4,12-17H2,1-3H3,(H,25,27)/t22-/m1/s1. The summed E-state index contributed by atoms with van der Waals surface area (Å²) in [5.74, 6) is 1.04. The number of nitrogens with one attached hydrogen (secondary N) is 1. The first-order valence-electron chi connectivity index (χ1n) is 11.1. The van der Waals surface area contributed by atoms with Crippen molar-refractivity contribution >= 4 is 15.9 Å². The maximum absolute atomic E-state index is 12.7. The molecule has 0 radical (unpaired) electrons. The zero-order valence-corrected chi connectivity index (χ0v) is 20.2. The predicted octanol–water partition coefficient (Wildman–Crippen LogP) is 2.68. The molecule has 1 heterocycles. The molecule has 2 aromatic carbocycles. The van der Waals surface area contributed by atoms with Gasteiger partial charge in [0.05, 0.1) is 24.7 Å². The van der Waals surface area contributed by atoms with Crippen LogP contribution in [-0.4, -0.2) is 64.2 Å². The van der Waals surface area contributed by atoms with E-state index in [-0.39, 0.29) is 17.4 Å². The molecule has 0 aliphatic carbocycles.